The third-order valence-corrected chi connectivity index (χ3v) is 4.29. The summed E-state index contributed by atoms with van der Waals surface area (Å²) in [5, 5.41) is 18.2. The maximum atomic E-state index is 9.28. The Balaban J connectivity index is 2.20. The molecule has 0 saturated carbocycles. The molecule has 1 heterocycles. The van der Waals surface area contributed by atoms with Gasteiger partial charge in [0.05, 0.1) is 18.8 Å². The first kappa shape index (κ1) is 16.5. The van der Waals surface area contributed by atoms with Gasteiger partial charge in [0, 0.05) is 22.2 Å². The van der Waals surface area contributed by atoms with Gasteiger partial charge in [-0.25, -0.2) is 4.84 Å². The molecule has 1 aromatic carbocycles. The van der Waals surface area contributed by atoms with Crippen LogP contribution in [0, 0.1) is 3.57 Å². The van der Waals surface area contributed by atoms with Crippen molar-refractivity contribution in [3.63, 3.8) is 0 Å². The van der Waals surface area contributed by atoms with Crippen LogP contribution in [0.1, 0.15) is 18.1 Å². The summed E-state index contributed by atoms with van der Waals surface area (Å²) < 4.78 is 12.7. The summed E-state index contributed by atoms with van der Waals surface area (Å²) in [5.41, 5.74) is 2.01. The molecule has 1 aliphatic heterocycles. The molecule has 0 spiro atoms. The highest BCUT2D eigenvalue weighted by Gasteiger charge is 2.40. The van der Waals surface area contributed by atoms with Gasteiger partial charge >= 0.3 is 7.12 Å². The number of halogens is 2. The van der Waals surface area contributed by atoms with Crippen LogP contribution < -0.4 is 10.3 Å². The number of rotatable bonds is 7. The highest BCUT2D eigenvalue weighted by atomic mass is 127. The van der Waals surface area contributed by atoms with Crippen LogP contribution in [0.3, 0.4) is 0 Å². The summed E-state index contributed by atoms with van der Waals surface area (Å²) in [6.07, 6.45) is -0.264. The van der Waals surface area contributed by atoms with E-state index in [0.29, 0.717) is 13.0 Å². The largest absolute Gasteiger partial charge is 0.496 e. The molecule has 2 rings (SSSR count). The Kier molecular flexibility index (Phi) is 6.53. The summed E-state index contributed by atoms with van der Waals surface area (Å²) in [4.78, 5) is 2.58. The molecule has 0 aliphatic carbocycles. The summed E-state index contributed by atoms with van der Waals surface area (Å²) in [6.45, 7) is 0.277. The van der Waals surface area contributed by atoms with Crippen molar-refractivity contribution in [2.45, 2.75) is 18.6 Å². The topological polar surface area (TPSA) is 71.0 Å². The molecule has 2 unspecified atom stereocenters. The van der Waals surface area contributed by atoms with E-state index >= 15 is 0 Å². The fourth-order valence-corrected chi connectivity index (χ4v) is 3.14. The number of aliphatic hydroxyl groups excluding tert-OH is 2. The first-order valence-electron chi connectivity index (χ1n) is 6.35. The molecule has 1 aliphatic rings. The van der Waals surface area contributed by atoms with E-state index in [2.05, 4.69) is 27.4 Å². The molecule has 110 valence electrons. The molecule has 5 nitrogen and oxygen atoms in total. The van der Waals surface area contributed by atoms with Crippen molar-refractivity contribution in [1.29, 1.82) is 0 Å². The smallest absolute Gasteiger partial charge is 0.402 e. The molecule has 0 amide bonds. The van der Waals surface area contributed by atoms with Gasteiger partial charge in [-0.2, -0.15) is 0 Å². The predicted molar refractivity (Wildman–Crippen MR) is 85.9 cm³/mol. The quantitative estimate of drug-likeness (QED) is 0.348. The number of benzene rings is 1. The molecule has 0 radical (unpaired) electrons. The lowest BCUT2D eigenvalue weighted by molar-refractivity contribution is 0.0597. The summed E-state index contributed by atoms with van der Waals surface area (Å²) >= 11 is 7.81. The minimum absolute atomic E-state index is 0.0383. The Hall–Kier alpha value is 0.105. The minimum atomic E-state index is -0.545. The van der Waals surface area contributed by atoms with E-state index < -0.39 is 13.2 Å². The van der Waals surface area contributed by atoms with Crippen LogP contribution in [0.25, 0.3) is 0 Å². The first-order chi connectivity index (χ1) is 9.71. The van der Waals surface area contributed by atoms with E-state index in [1.165, 1.54) is 0 Å². The van der Waals surface area contributed by atoms with Crippen molar-refractivity contribution in [3.05, 3.63) is 27.3 Å². The van der Waals surface area contributed by atoms with Crippen LogP contribution >= 0.6 is 34.4 Å². The van der Waals surface area contributed by atoms with Crippen molar-refractivity contribution in [3.8, 4) is 0 Å². The molecule has 8 heteroatoms. The van der Waals surface area contributed by atoms with E-state index in [0.717, 1.165) is 14.6 Å². The van der Waals surface area contributed by atoms with Crippen LogP contribution in [0.4, 0.5) is 0 Å². The van der Waals surface area contributed by atoms with Crippen LogP contribution in [0.5, 0.6) is 0 Å². The summed E-state index contributed by atoms with van der Waals surface area (Å²) in [5.74, 6) is 0. The zero-order chi connectivity index (χ0) is 14.5. The van der Waals surface area contributed by atoms with E-state index in [1.807, 2.05) is 18.2 Å². The van der Waals surface area contributed by atoms with Gasteiger partial charge < -0.3 is 19.5 Å². The van der Waals surface area contributed by atoms with Crippen molar-refractivity contribution in [2.75, 3.05) is 19.8 Å². The molecular weight excluding hydrogens is 395 g/mol. The fourth-order valence-electron chi connectivity index (χ4n) is 2.22. The molecule has 0 saturated heterocycles. The summed E-state index contributed by atoms with van der Waals surface area (Å²) in [7, 11) is -0.545. The fraction of sp³-hybridized carbons (Fsp3) is 0.500. The second-order valence-electron chi connectivity index (χ2n) is 4.49. The van der Waals surface area contributed by atoms with Gasteiger partial charge in [-0.15, -0.1) is 0 Å². The Morgan fingerprint density at radius 2 is 2.30 bits per heavy atom. The predicted octanol–water partition coefficient (Wildman–Crippen LogP) is 0.561. The molecule has 0 fully saturated rings. The molecule has 0 bridgehead atoms. The van der Waals surface area contributed by atoms with E-state index in [-0.39, 0.29) is 19.3 Å². The van der Waals surface area contributed by atoms with Crippen LogP contribution in [0.15, 0.2) is 18.2 Å². The third kappa shape index (κ3) is 3.65. The maximum Gasteiger partial charge on any atom is 0.496 e. The van der Waals surface area contributed by atoms with Gasteiger partial charge in [0.15, 0.2) is 0 Å². The van der Waals surface area contributed by atoms with Crippen molar-refractivity contribution >= 4 is 46.9 Å². The van der Waals surface area contributed by atoms with Gasteiger partial charge in [0.2, 0.25) is 0 Å². The number of hydrogen-bond acceptors (Lipinski definition) is 5. The SMILES string of the molecule is OCCC(CO)OB1OC(CNCl)c2cccc(I)c21. The van der Waals surface area contributed by atoms with Crippen LogP contribution in [0.2, 0.25) is 0 Å². The molecule has 20 heavy (non-hydrogen) atoms. The average Bonchev–Trinajstić information content (AvgIpc) is 2.78. The number of fused-ring (bicyclic) bond motifs is 1. The second-order valence-corrected chi connectivity index (χ2v) is 5.92. The van der Waals surface area contributed by atoms with E-state index in [4.69, 9.17) is 26.2 Å². The molecule has 1 aromatic rings. The first-order valence-corrected chi connectivity index (χ1v) is 7.81. The van der Waals surface area contributed by atoms with Crippen molar-refractivity contribution in [2.24, 2.45) is 0 Å². The normalized spacial score (nSPS) is 19.2. The monoisotopic (exact) mass is 411 g/mol. The number of nitrogens with one attached hydrogen (secondary N) is 1. The lowest BCUT2D eigenvalue weighted by Gasteiger charge is -2.18. The van der Waals surface area contributed by atoms with Gasteiger partial charge in [-0.05, 0) is 52.4 Å². The molecule has 0 aromatic heterocycles. The third-order valence-electron chi connectivity index (χ3n) is 3.19. The van der Waals surface area contributed by atoms with E-state index in [1.54, 1.807) is 0 Å². The van der Waals surface area contributed by atoms with Gasteiger partial charge in [0.1, 0.15) is 0 Å². The Morgan fingerprint density at radius 1 is 1.50 bits per heavy atom. The zero-order valence-corrected chi connectivity index (χ0v) is 13.7. The maximum absolute atomic E-state index is 9.28. The standard InChI is InChI=1S/C12H16BClINO4/c14-16-6-11-9-2-1-3-10(15)12(9)13(20-11)19-8(7-18)4-5-17/h1-3,8,11,16-18H,4-7H2. The summed E-state index contributed by atoms with van der Waals surface area (Å²) in [6, 6.07) is 5.93. The lowest BCUT2D eigenvalue weighted by Crippen LogP contribution is -2.39. The number of hydrogen-bond donors (Lipinski definition) is 3. The van der Waals surface area contributed by atoms with Gasteiger partial charge in [0.25, 0.3) is 0 Å². The zero-order valence-electron chi connectivity index (χ0n) is 10.8. The molecular formula is C12H16BClINO4. The minimum Gasteiger partial charge on any atom is -0.402 e. The Bertz CT molecular complexity index is 453. The highest BCUT2D eigenvalue weighted by molar-refractivity contribution is 14.1. The van der Waals surface area contributed by atoms with Crippen molar-refractivity contribution in [1.82, 2.24) is 4.84 Å². The van der Waals surface area contributed by atoms with Gasteiger partial charge in [-0.3, -0.25) is 0 Å². The van der Waals surface area contributed by atoms with Gasteiger partial charge in [-0.1, -0.05) is 12.1 Å². The van der Waals surface area contributed by atoms with Crippen LogP contribution in [-0.2, 0) is 9.31 Å². The second kappa shape index (κ2) is 7.93. The van der Waals surface area contributed by atoms with Crippen LogP contribution in [-0.4, -0.2) is 43.2 Å². The lowest BCUT2D eigenvalue weighted by atomic mass is 9.78. The number of aliphatic hydroxyl groups is 2. The van der Waals surface area contributed by atoms with Crippen molar-refractivity contribution < 1.29 is 19.5 Å². The average molecular weight is 411 g/mol. The Labute approximate surface area is 137 Å². The molecule has 2 atom stereocenters. The van der Waals surface area contributed by atoms with E-state index in [9.17, 15) is 5.11 Å². The highest BCUT2D eigenvalue weighted by Crippen LogP contribution is 2.27. The molecule has 3 N–H and O–H groups in total. The Morgan fingerprint density at radius 3 is 2.95 bits per heavy atom.